The Kier molecular flexibility index (Phi) is 3.66. The molecule has 1 unspecified atom stereocenters. The molecule has 0 saturated carbocycles. The largest absolute Gasteiger partial charge is 0.486 e. The molecule has 1 atom stereocenters. The highest BCUT2D eigenvalue weighted by atomic mass is 16.6. The fraction of sp³-hybridized carbons (Fsp3) is 0.312. The van der Waals surface area contributed by atoms with Crippen molar-refractivity contribution in [3.05, 3.63) is 58.0 Å². The quantitative estimate of drug-likeness (QED) is 0.932. The second kappa shape index (κ2) is 5.61. The van der Waals surface area contributed by atoms with Gasteiger partial charge in [-0.05, 0) is 36.2 Å². The minimum absolute atomic E-state index is 0.119. The Morgan fingerprint density at radius 1 is 1.19 bits per heavy atom. The lowest BCUT2D eigenvalue weighted by Gasteiger charge is -2.20. The number of aryl methyl sites for hydroxylation is 1. The fourth-order valence-corrected chi connectivity index (χ4v) is 2.32. The zero-order valence-corrected chi connectivity index (χ0v) is 11.8. The van der Waals surface area contributed by atoms with Gasteiger partial charge in [-0.15, -0.1) is 0 Å². The number of benzene rings is 1. The second-order valence-electron chi connectivity index (χ2n) is 5.11. The van der Waals surface area contributed by atoms with Gasteiger partial charge in [0.2, 0.25) is 0 Å². The van der Waals surface area contributed by atoms with Gasteiger partial charge in [-0.3, -0.25) is 4.79 Å². The van der Waals surface area contributed by atoms with E-state index in [1.54, 1.807) is 30.5 Å². The highest BCUT2D eigenvalue weighted by molar-refractivity contribution is 5.44. The van der Waals surface area contributed by atoms with Crippen molar-refractivity contribution >= 4 is 0 Å². The molecule has 1 aromatic carbocycles. The Labute approximate surface area is 122 Å². The van der Waals surface area contributed by atoms with Gasteiger partial charge in [-0.2, -0.15) is 0 Å². The number of rotatable bonds is 3. The van der Waals surface area contributed by atoms with Crippen LogP contribution < -0.4 is 15.0 Å². The Hall–Kier alpha value is -2.27. The zero-order chi connectivity index (χ0) is 14.8. The lowest BCUT2D eigenvalue weighted by atomic mass is 10.1. The molecule has 2 aromatic rings. The van der Waals surface area contributed by atoms with E-state index in [4.69, 9.17) is 9.47 Å². The summed E-state index contributed by atoms with van der Waals surface area (Å²) in [5.41, 5.74) is 1.49. The van der Waals surface area contributed by atoms with Crippen molar-refractivity contribution in [3.63, 3.8) is 0 Å². The third-order valence-corrected chi connectivity index (χ3v) is 3.47. The van der Waals surface area contributed by atoms with Gasteiger partial charge in [0.1, 0.15) is 13.2 Å². The van der Waals surface area contributed by atoms with Crippen molar-refractivity contribution in [1.82, 2.24) is 4.57 Å². The van der Waals surface area contributed by atoms with Gasteiger partial charge in [0.05, 0.1) is 12.6 Å². The van der Waals surface area contributed by atoms with Crippen LogP contribution in [0.5, 0.6) is 11.5 Å². The Morgan fingerprint density at radius 3 is 2.71 bits per heavy atom. The summed E-state index contributed by atoms with van der Waals surface area (Å²) in [7, 11) is 0. The van der Waals surface area contributed by atoms with Crippen LogP contribution in [0.15, 0.2) is 41.3 Å². The summed E-state index contributed by atoms with van der Waals surface area (Å²) in [6.45, 7) is 3.11. The first-order chi connectivity index (χ1) is 10.1. The zero-order valence-electron chi connectivity index (χ0n) is 11.8. The number of aliphatic hydroxyl groups is 1. The van der Waals surface area contributed by atoms with E-state index in [1.807, 2.05) is 13.0 Å². The van der Waals surface area contributed by atoms with Crippen LogP contribution in [0.1, 0.15) is 17.2 Å². The van der Waals surface area contributed by atoms with Crippen LogP contribution in [0.25, 0.3) is 0 Å². The first kappa shape index (κ1) is 13.7. The molecule has 1 N–H and O–H groups in total. The number of hydrogen-bond donors (Lipinski definition) is 1. The van der Waals surface area contributed by atoms with Crippen molar-refractivity contribution in [2.45, 2.75) is 19.6 Å². The van der Waals surface area contributed by atoms with Gasteiger partial charge in [-0.25, -0.2) is 0 Å². The summed E-state index contributed by atoms with van der Waals surface area (Å²) in [4.78, 5) is 11.8. The predicted molar refractivity (Wildman–Crippen MR) is 77.8 cm³/mol. The van der Waals surface area contributed by atoms with Crippen molar-refractivity contribution in [3.8, 4) is 11.5 Å². The summed E-state index contributed by atoms with van der Waals surface area (Å²) in [6.07, 6.45) is 0.917. The third-order valence-electron chi connectivity index (χ3n) is 3.47. The van der Waals surface area contributed by atoms with Gasteiger partial charge < -0.3 is 19.1 Å². The van der Waals surface area contributed by atoms with Crippen LogP contribution in [-0.4, -0.2) is 22.9 Å². The number of aromatic nitrogens is 1. The molecule has 1 aliphatic heterocycles. The lowest BCUT2D eigenvalue weighted by Crippen LogP contribution is -2.22. The van der Waals surface area contributed by atoms with Crippen LogP contribution in [0.2, 0.25) is 0 Å². The molecule has 110 valence electrons. The molecular formula is C16H17NO4. The standard InChI is InChI=1S/C16H17NO4/c1-11-4-5-17(16(19)8-11)10-13(18)12-2-3-14-15(9-12)21-7-6-20-14/h2-5,8-9,13,18H,6-7,10H2,1H3. The van der Waals surface area contributed by atoms with Gasteiger partial charge in [0.15, 0.2) is 11.5 Å². The van der Waals surface area contributed by atoms with E-state index in [9.17, 15) is 9.90 Å². The molecule has 5 nitrogen and oxygen atoms in total. The van der Waals surface area contributed by atoms with Crippen molar-refractivity contribution in [1.29, 1.82) is 0 Å². The molecule has 0 spiro atoms. The Morgan fingerprint density at radius 2 is 1.95 bits per heavy atom. The molecular weight excluding hydrogens is 270 g/mol. The van der Waals surface area contributed by atoms with Crippen LogP contribution in [-0.2, 0) is 6.54 Å². The first-order valence-corrected chi connectivity index (χ1v) is 6.88. The van der Waals surface area contributed by atoms with E-state index in [1.165, 1.54) is 4.57 Å². The minimum Gasteiger partial charge on any atom is -0.486 e. The molecule has 0 aliphatic carbocycles. The van der Waals surface area contributed by atoms with Crippen LogP contribution >= 0.6 is 0 Å². The number of hydrogen-bond acceptors (Lipinski definition) is 4. The number of ether oxygens (including phenoxy) is 2. The molecule has 0 saturated heterocycles. The molecule has 21 heavy (non-hydrogen) atoms. The third kappa shape index (κ3) is 2.92. The molecule has 1 aromatic heterocycles. The average molecular weight is 287 g/mol. The molecule has 0 radical (unpaired) electrons. The number of nitrogens with zero attached hydrogens (tertiary/aromatic N) is 1. The first-order valence-electron chi connectivity index (χ1n) is 6.88. The molecule has 1 aliphatic rings. The van der Waals surface area contributed by atoms with E-state index in [2.05, 4.69) is 0 Å². The monoisotopic (exact) mass is 287 g/mol. The Bertz CT molecular complexity index is 708. The van der Waals surface area contributed by atoms with Crippen molar-refractivity contribution < 1.29 is 14.6 Å². The highest BCUT2D eigenvalue weighted by Crippen LogP contribution is 2.32. The van der Waals surface area contributed by atoms with Crippen LogP contribution in [0.4, 0.5) is 0 Å². The van der Waals surface area contributed by atoms with Gasteiger partial charge in [-0.1, -0.05) is 6.07 Å². The highest BCUT2D eigenvalue weighted by Gasteiger charge is 2.16. The molecule has 0 amide bonds. The maximum absolute atomic E-state index is 11.8. The van der Waals surface area contributed by atoms with Crippen LogP contribution in [0, 0.1) is 6.92 Å². The maximum atomic E-state index is 11.8. The molecule has 0 fully saturated rings. The van der Waals surface area contributed by atoms with E-state index in [0.717, 1.165) is 5.56 Å². The van der Waals surface area contributed by atoms with Gasteiger partial charge in [0.25, 0.3) is 5.56 Å². The topological polar surface area (TPSA) is 60.7 Å². The predicted octanol–water partition coefficient (Wildman–Crippen LogP) is 1.66. The minimum atomic E-state index is -0.777. The normalized spacial score (nSPS) is 14.8. The van der Waals surface area contributed by atoms with Crippen LogP contribution in [0.3, 0.4) is 0 Å². The maximum Gasteiger partial charge on any atom is 0.250 e. The molecule has 2 heterocycles. The molecule has 5 heteroatoms. The lowest BCUT2D eigenvalue weighted by molar-refractivity contribution is 0.150. The fourth-order valence-electron chi connectivity index (χ4n) is 2.32. The SMILES string of the molecule is Cc1ccn(CC(O)c2ccc3c(c2)OCCO3)c(=O)c1. The summed E-state index contributed by atoms with van der Waals surface area (Å²) < 4.78 is 12.4. The summed E-state index contributed by atoms with van der Waals surface area (Å²) in [5.74, 6) is 1.32. The summed E-state index contributed by atoms with van der Waals surface area (Å²) in [5, 5.41) is 10.3. The van der Waals surface area contributed by atoms with E-state index < -0.39 is 6.10 Å². The number of pyridine rings is 1. The molecule has 3 rings (SSSR count). The van der Waals surface area contributed by atoms with Crippen molar-refractivity contribution in [2.24, 2.45) is 0 Å². The summed E-state index contributed by atoms with van der Waals surface area (Å²) in [6, 6.07) is 8.73. The van der Waals surface area contributed by atoms with E-state index in [0.29, 0.717) is 30.3 Å². The van der Waals surface area contributed by atoms with E-state index >= 15 is 0 Å². The summed E-state index contributed by atoms with van der Waals surface area (Å²) >= 11 is 0. The number of fused-ring (bicyclic) bond motifs is 1. The average Bonchev–Trinajstić information content (AvgIpc) is 2.49. The second-order valence-corrected chi connectivity index (χ2v) is 5.11. The van der Waals surface area contributed by atoms with Gasteiger partial charge in [0, 0.05) is 12.3 Å². The van der Waals surface area contributed by atoms with Crippen molar-refractivity contribution in [2.75, 3.05) is 13.2 Å². The molecule has 0 bridgehead atoms. The van der Waals surface area contributed by atoms with Gasteiger partial charge >= 0.3 is 0 Å². The smallest absolute Gasteiger partial charge is 0.250 e. The Balaban J connectivity index is 1.82. The van der Waals surface area contributed by atoms with E-state index in [-0.39, 0.29) is 12.1 Å². The number of aliphatic hydroxyl groups excluding tert-OH is 1.